The van der Waals surface area contributed by atoms with Crippen LogP contribution in [0.15, 0.2) is 66.8 Å². The Morgan fingerprint density at radius 3 is 1.04 bits per heavy atom. The highest BCUT2D eigenvalue weighted by atomic mass is 16.5. The Bertz CT molecular complexity index is 1470. The van der Waals surface area contributed by atoms with Crippen LogP contribution in [0.5, 0.6) is 0 Å². The van der Waals surface area contributed by atoms with Crippen LogP contribution in [0.3, 0.4) is 0 Å². The molecular weight excluding hydrogens is 665 g/mol. The number of hydrogen-bond acceptors (Lipinski definition) is 4. The third-order valence-electron chi connectivity index (χ3n) is 14.3. The number of ether oxygens (including phenoxy) is 2. The van der Waals surface area contributed by atoms with Crippen molar-refractivity contribution in [2.75, 3.05) is 13.2 Å². The predicted octanol–water partition coefficient (Wildman–Crippen LogP) is 13.8. The fourth-order valence-electron chi connectivity index (χ4n) is 7.30. The molecule has 0 atom stereocenters. The molecule has 54 heavy (non-hydrogen) atoms. The van der Waals surface area contributed by atoms with Crippen molar-refractivity contribution in [3.8, 4) is 0 Å². The zero-order valence-electron chi connectivity index (χ0n) is 38.9. The third kappa shape index (κ3) is 11.6. The lowest BCUT2D eigenvalue weighted by atomic mass is 9.52. The molecule has 306 valence electrons. The number of carbonyl (C=O) groups is 2. The van der Waals surface area contributed by atoms with Crippen molar-refractivity contribution in [1.82, 2.24) is 0 Å². The van der Waals surface area contributed by atoms with Gasteiger partial charge in [-0.25, -0.2) is 9.59 Å². The first-order valence-electron chi connectivity index (χ1n) is 20.1. The fourth-order valence-corrected chi connectivity index (χ4v) is 7.30. The van der Waals surface area contributed by atoms with Gasteiger partial charge in [0.05, 0.1) is 0 Å². The van der Waals surface area contributed by atoms with Gasteiger partial charge in [-0.15, -0.1) is 0 Å². The monoisotopic (exact) mass is 747 g/mol. The van der Waals surface area contributed by atoms with Gasteiger partial charge in [0.2, 0.25) is 0 Å². The summed E-state index contributed by atoms with van der Waals surface area (Å²) in [6.45, 7) is 56.2. The minimum Gasteiger partial charge on any atom is -0.458 e. The van der Waals surface area contributed by atoms with Crippen LogP contribution in [0.2, 0.25) is 0 Å². The molecule has 0 aliphatic heterocycles. The van der Waals surface area contributed by atoms with Gasteiger partial charge in [-0.1, -0.05) is 187 Å². The summed E-state index contributed by atoms with van der Waals surface area (Å²) in [7, 11) is 0. The van der Waals surface area contributed by atoms with E-state index in [1.807, 2.05) is 12.2 Å². The van der Waals surface area contributed by atoms with E-state index >= 15 is 0 Å². The summed E-state index contributed by atoms with van der Waals surface area (Å²) >= 11 is 0. The molecule has 0 amide bonds. The van der Waals surface area contributed by atoms with E-state index in [9.17, 15) is 9.59 Å². The fraction of sp³-hybridized carbons (Fsp3) is 0.680. The Kier molecular flexibility index (Phi) is 15.2. The average molecular weight is 747 g/mol. The molecule has 0 radical (unpaired) electrons. The molecule has 4 heteroatoms. The van der Waals surface area contributed by atoms with E-state index in [0.29, 0.717) is 11.1 Å². The zero-order valence-corrected chi connectivity index (χ0v) is 38.9. The molecule has 0 unspecified atom stereocenters. The maximum atomic E-state index is 11.9. The topological polar surface area (TPSA) is 52.6 Å². The molecule has 4 nitrogen and oxygen atoms in total. The van der Waals surface area contributed by atoms with Gasteiger partial charge in [0.25, 0.3) is 0 Å². The highest BCUT2D eigenvalue weighted by Crippen LogP contribution is 2.57. The van der Waals surface area contributed by atoms with Crippen LogP contribution in [-0.4, -0.2) is 25.2 Å². The van der Waals surface area contributed by atoms with E-state index in [1.165, 1.54) is 16.7 Å². The summed E-state index contributed by atoms with van der Waals surface area (Å²) in [5.41, 5.74) is 4.04. The van der Waals surface area contributed by atoms with Crippen molar-refractivity contribution in [2.24, 2.45) is 32.5 Å². The van der Waals surface area contributed by atoms with Gasteiger partial charge in [0.1, 0.15) is 13.2 Å². The van der Waals surface area contributed by atoms with Crippen molar-refractivity contribution < 1.29 is 19.1 Å². The molecule has 0 aliphatic rings. The molecule has 1 aromatic rings. The van der Waals surface area contributed by atoms with Gasteiger partial charge in [-0.05, 0) is 92.1 Å². The van der Waals surface area contributed by atoms with Crippen molar-refractivity contribution >= 4 is 11.9 Å². The number of hydrogen-bond donors (Lipinski definition) is 0. The van der Waals surface area contributed by atoms with Gasteiger partial charge in [-0.3, -0.25) is 0 Å². The Morgan fingerprint density at radius 2 is 0.778 bits per heavy atom. The molecule has 0 fully saturated rings. The summed E-state index contributed by atoms with van der Waals surface area (Å²) < 4.78 is 10.7. The minimum absolute atomic E-state index is 0.0233. The number of rotatable bonds is 18. The lowest BCUT2D eigenvalue weighted by Gasteiger charge is -2.52. The zero-order chi connectivity index (χ0) is 42.7. The highest BCUT2D eigenvalue weighted by molar-refractivity contribution is 5.87. The predicted molar refractivity (Wildman–Crippen MR) is 233 cm³/mol. The summed E-state index contributed by atoms with van der Waals surface area (Å²) in [6.07, 6.45) is 10.4. The SMILES string of the molecule is C=C(C)C(=O)OCC=CC(C)(C)C(C)(C)CC(C)(C)C(C)(C)c1cc(C(C)(C)C)cc(C(C)(C)C(C)(C)CC(C)(C)C(C)(C)C=CCOC(=O)C(=C)C)c1. The number of carbonyl (C=O) groups excluding carboxylic acids is 2. The number of benzene rings is 1. The molecule has 0 saturated carbocycles. The van der Waals surface area contributed by atoms with Crippen molar-refractivity contribution in [2.45, 2.75) is 174 Å². The first-order valence-corrected chi connectivity index (χ1v) is 20.1. The first-order chi connectivity index (χ1) is 23.9. The van der Waals surface area contributed by atoms with Gasteiger partial charge in [0, 0.05) is 11.1 Å². The highest BCUT2D eigenvalue weighted by Gasteiger charge is 2.49. The second-order valence-electron chi connectivity index (χ2n) is 22.2. The maximum Gasteiger partial charge on any atom is 0.333 e. The number of allylic oxidation sites excluding steroid dienone is 2. The molecule has 1 rings (SSSR count). The molecule has 0 spiro atoms. The maximum absolute atomic E-state index is 11.9. The van der Waals surface area contributed by atoms with E-state index in [2.05, 4.69) is 175 Å². The van der Waals surface area contributed by atoms with Crippen LogP contribution in [0.25, 0.3) is 0 Å². The van der Waals surface area contributed by atoms with Crippen LogP contribution in [0.1, 0.15) is 175 Å². The molecule has 0 bridgehead atoms. The molecular formula is C50H82O4. The van der Waals surface area contributed by atoms with Crippen LogP contribution in [0, 0.1) is 32.5 Å². The van der Waals surface area contributed by atoms with Crippen molar-refractivity contribution in [3.63, 3.8) is 0 Å². The summed E-state index contributed by atoms with van der Waals surface area (Å²) in [6, 6.07) is 7.46. The Labute approximate surface area is 333 Å². The van der Waals surface area contributed by atoms with Crippen molar-refractivity contribution in [3.05, 3.63) is 83.5 Å². The van der Waals surface area contributed by atoms with Crippen LogP contribution >= 0.6 is 0 Å². The summed E-state index contributed by atoms with van der Waals surface area (Å²) in [5.74, 6) is -0.716. The first kappa shape index (κ1) is 49.1. The molecule has 0 saturated heterocycles. The lowest BCUT2D eigenvalue weighted by Crippen LogP contribution is -2.45. The smallest absolute Gasteiger partial charge is 0.333 e. The molecule has 0 N–H and O–H groups in total. The van der Waals surface area contributed by atoms with E-state index in [4.69, 9.17) is 9.47 Å². The van der Waals surface area contributed by atoms with Gasteiger partial charge >= 0.3 is 11.9 Å². The standard InChI is InChI=1S/C50H82O4/c1-35(2)40(51)53-28-24-26-43(8,9)45(12,13)33-47(16,17)49(20,21)38-30-37(42(5,6)7)31-39(32-38)50(22,23)48(18,19)34-46(14,15)44(10,11)27-25-29-54-41(52)36(3)4/h24-27,30-32H,1,3,28-29,33-34H2,2,4-23H3. The van der Waals surface area contributed by atoms with Crippen LogP contribution in [-0.2, 0) is 35.3 Å². The largest absolute Gasteiger partial charge is 0.458 e. The van der Waals surface area contributed by atoms with Crippen LogP contribution < -0.4 is 0 Å². The molecule has 1 aromatic carbocycles. The second kappa shape index (κ2) is 16.7. The normalized spacial score (nSPS) is 14.5. The molecule has 0 aliphatic carbocycles. The Morgan fingerprint density at radius 1 is 0.500 bits per heavy atom. The summed E-state index contributed by atoms with van der Waals surface area (Å²) in [5, 5.41) is 0. The average Bonchev–Trinajstić information content (AvgIpc) is 2.98. The number of esters is 2. The molecule has 0 aromatic heterocycles. The van der Waals surface area contributed by atoms with E-state index in [1.54, 1.807) is 13.8 Å². The van der Waals surface area contributed by atoms with Gasteiger partial charge < -0.3 is 9.47 Å². The Hall–Kier alpha value is -2.88. The van der Waals surface area contributed by atoms with E-state index in [0.717, 1.165) is 12.8 Å². The quantitative estimate of drug-likeness (QED) is 0.0853. The lowest BCUT2D eigenvalue weighted by molar-refractivity contribution is -0.138. The van der Waals surface area contributed by atoms with Crippen LogP contribution in [0.4, 0.5) is 0 Å². The minimum atomic E-state index is -0.358. The second-order valence-corrected chi connectivity index (χ2v) is 22.2. The summed E-state index contributed by atoms with van der Waals surface area (Å²) in [4.78, 5) is 23.9. The van der Waals surface area contributed by atoms with E-state index in [-0.39, 0.29) is 73.9 Å². The molecule has 0 heterocycles. The van der Waals surface area contributed by atoms with Gasteiger partial charge in [-0.2, -0.15) is 0 Å². The van der Waals surface area contributed by atoms with Crippen molar-refractivity contribution in [1.29, 1.82) is 0 Å². The van der Waals surface area contributed by atoms with E-state index < -0.39 is 0 Å². The van der Waals surface area contributed by atoms with Gasteiger partial charge in [0.15, 0.2) is 0 Å². The third-order valence-corrected chi connectivity index (χ3v) is 14.3. The Balaban J connectivity index is 3.63.